The number of carbonyl (C=O) groups is 1. The molecule has 0 spiro atoms. The third kappa shape index (κ3) is 4.51. The van der Waals surface area contributed by atoms with E-state index >= 15 is 0 Å². The zero-order chi connectivity index (χ0) is 18.9. The topological polar surface area (TPSA) is 106 Å². The Kier molecular flexibility index (Phi) is 5.80. The number of hydrogen-bond donors (Lipinski definition) is 1. The van der Waals surface area contributed by atoms with Crippen molar-refractivity contribution in [2.45, 2.75) is 32.0 Å². The maximum absolute atomic E-state index is 11.7. The molecule has 3 heterocycles. The molecule has 0 radical (unpaired) electrons. The van der Waals surface area contributed by atoms with Crippen LogP contribution in [0.3, 0.4) is 0 Å². The summed E-state index contributed by atoms with van der Waals surface area (Å²) < 4.78 is 27.5. The Morgan fingerprint density at radius 3 is 2.58 bits per heavy atom. The Bertz CT molecular complexity index is 823. The first-order valence-electron chi connectivity index (χ1n) is 8.83. The first kappa shape index (κ1) is 19.5. The fourth-order valence-corrected chi connectivity index (χ4v) is 5.57. The molecule has 0 saturated carbocycles. The van der Waals surface area contributed by atoms with Gasteiger partial charge in [-0.3, -0.25) is 14.6 Å². The van der Waals surface area contributed by atoms with Gasteiger partial charge in [0.25, 0.3) is 0 Å². The van der Waals surface area contributed by atoms with Gasteiger partial charge in [0.1, 0.15) is 5.82 Å². The molecule has 2 N–H and O–H groups in total. The highest BCUT2D eigenvalue weighted by Crippen LogP contribution is 2.19. The van der Waals surface area contributed by atoms with E-state index in [1.54, 1.807) is 4.68 Å². The third-order valence-electron chi connectivity index (χ3n) is 5.19. The maximum Gasteiger partial charge on any atom is 0.217 e. The van der Waals surface area contributed by atoms with Crippen LogP contribution >= 0.6 is 12.2 Å². The molecule has 1 atom stereocenters. The summed E-state index contributed by atoms with van der Waals surface area (Å²) in [6, 6.07) is 0.166. The van der Waals surface area contributed by atoms with Crippen molar-refractivity contribution in [2.75, 3.05) is 37.7 Å². The number of primary amides is 1. The second kappa shape index (κ2) is 7.75. The number of carbonyl (C=O) groups excluding carboxylic acids is 1. The predicted molar refractivity (Wildman–Crippen MR) is 99.8 cm³/mol. The standard InChI is InChI=1S/C15H26N6O3S2/c1-18-14(3-2-13(16)22)17-21(15(18)25)11-19-5-7-20(8-6-19)12-4-9-26(23,24)10-12/h12H,2-11H2,1H3,(H2,16,22). The molecule has 2 aliphatic heterocycles. The van der Waals surface area contributed by atoms with Crippen LogP contribution in [0, 0.1) is 4.77 Å². The summed E-state index contributed by atoms with van der Waals surface area (Å²) >= 11 is 5.44. The molecule has 2 aliphatic rings. The number of nitrogens with two attached hydrogens (primary N) is 1. The summed E-state index contributed by atoms with van der Waals surface area (Å²) in [7, 11) is -0.997. The Labute approximate surface area is 158 Å². The lowest BCUT2D eigenvalue weighted by Gasteiger charge is -2.37. The molecule has 0 aliphatic carbocycles. The van der Waals surface area contributed by atoms with Crippen LogP contribution in [0.4, 0.5) is 0 Å². The van der Waals surface area contributed by atoms with Crippen LogP contribution in [0.2, 0.25) is 0 Å². The minimum absolute atomic E-state index is 0.166. The van der Waals surface area contributed by atoms with Crippen LogP contribution in [0.1, 0.15) is 18.7 Å². The Morgan fingerprint density at radius 2 is 2.00 bits per heavy atom. The highest BCUT2D eigenvalue weighted by molar-refractivity contribution is 7.91. The maximum atomic E-state index is 11.7. The average Bonchev–Trinajstić information content (AvgIpc) is 3.08. The first-order chi connectivity index (χ1) is 12.2. The highest BCUT2D eigenvalue weighted by Gasteiger charge is 2.33. The molecule has 1 amide bonds. The van der Waals surface area contributed by atoms with Gasteiger partial charge in [0, 0.05) is 52.1 Å². The van der Waals surface area contributed by atoms with Crippen molar-refractivity contribution >= 4 is 28.0 Å². The minimum Gasteiger partial charge on any atom is -0.370 e. The van der Waals surface area contributed by atoms with Crippen molar-refractivity contribution in [1.29, 1.82) is 0 Å². The van der Waals surface area contributed by atoms with E-state index in [0.29, 0.717) is 29.4 Å². The molecular formula is C15H26N6O3S2. The van der Waals surface area contributed by atoms with Crippen LogP contribution in [0.15, 0.2) is 0 Å². The van der Waals surface area contributed by atoms with Gasteiger partial charge in [0.2, 0.25) is 5.91 Å². The van der Waals surface area contributed by atoms with E-state index in [4.69, 9.17) is 18.0 Å². The van der Waals surface area contributed by atoms with Gasteiger partial charge >= 0.3 is 0 Å². The lowest BCUT2D eigenvalue weighted by molar-refractivity contribution is -0.118. The number of amides is 1. The van der Waals surface area contributed by atoms with Gasteiger partial charge in [-0.05, 0) is 18.6 Å². The molecule has 9 nitrogen and oxygen atoms in total. The lowest BCUT2D eigenvalue weighted by atomic mass is 10.2. The number of aromatic nitrogens is 3. The molecular weight excluding hydrogens is 376 g/mol. The summed E-state index contributed by atoms with van der Waals surface area (Å²) in [6.45, 7) is 4.01. The Balaban J connectivity index is 1.55. The van der Waals surface area contributed by atoms with Crippen LogP contribution in [0.25, 0.3) is 0 Å². The van der Waals surface area contributed by atoms with Crippen LogP contribution in [-0.4, -0.2) is 82.2 Å². The van der Waals surface area contributed by atoms with Crippen LogP contribution in [-0.2, 0) is 34.8 Å². The van der Waals surface area contributed by atoms with Gasteiger partial charge in [0.15, 0.2) is 14.6 Å². The molecule has 146 valence electrons. The van der Waals surface area contributed by atoms with Crippen LogP contribution in [0.5, 0.6) is 0 Å². The summed E-state index contributed by atoms with van der Waals surface area (Å²) in [6.07, 6.45) is 1.48. The van der Waals surface area contributed by atoms with Crippen molar-refractivity contribution < 1.29 is 13.2 Å². The van der Waals surface area contributed by atoms with E-state index in [1.807, 2.05) is 11.6 Å². The number of hydrogen-bond acceptors (Lipinski definition) is 7. The number of nitrogens with zero attached hydrogens (tertiary/aromatic N) is 5. The minimum atomic E-state index is -2.84. The molecule has 2 saturated heterocycles. The van der Waals surface area contributed by atoms with Crippen molar-refractivity contribution in [3.05, 3.63) is 10.6 Å². The second-order valence-corrected chi connectivity index (χ2v) is 9.67. The first-order valence-corrected chi connectivity index (χ1v) is 11.1. The van der Waals surface area contributed by atoms with Gasteiger partial charge < -0.3 is 10.3 Å². The Hall–Kier alpha value is -1.30. The van der Waals surface area contributed by atoms with E-state index in [0.717, 1.165) is 38.4 Å². The van der Waals surface area contributed by atoms with Gasteiger partial charge in [-0.25, -0.2) is 13.1 Å². The van der Waals surface area contributed by atoms with E-state index in [9.17, 15) is 13.2 Å². The summed E-state index contributed by atoms with van der Waals surface area (Å²) in [4.78, 5) is 15.5. The molecule has 1 aromatic rings. The van der Waals surface area contributed by atoms with Crippen molar-refractivity contribution in [2.24, 2.45) is 12.8 Å². The number of aryl methyl sites for hydroxylation is 1. The summed E-state index contributed by atoms with van der Waals surface area (Å²) in [5, 5.41) is 4.52. The van der Waals surface area contributed by atoms with Gasteiger partial charge in [-0.1, -0.05) is 0 Å². The molecule has 11 heteroatoms. The third-order valence-corrected chi connectivity index (χ3v) is 7.43. The van der Waals surface area contributed by atoms with E-state index in [2.05, 4.69) is 14.9 Å². The molecule has 3 rings (SSSR count). The fraction of sp³-hybridized carbons (Fsp3) is 0.800. The quantitative estimate of drug-likeness (QED) is 0.617. The number of sulfone groups is 1. The van der Waals surface area contributed by atoms with Crippen molar-refractivity contribution in [3.63, 3.8) is 0 Å². The smallest absolute Gasteiger partial charge is 0.217 e. The molecule has 1 unspecified atom stereocenters. The lowest BCUT2D eigenvalue weighted by Crippen LogP contribution is -2.51. The van der Waals surface area contributed by atoms with E-state index < -0.39 is 9.84 Å². The molecule has 1 aromatic heterocycles. The number of rotatable bonds is 6. The van der Waals surface area contributed by atoms with E-state index in [1.165, 1.54) is 0 Å². The van der Waals surface area contributed by atoms with Crippen LogP contribution < -0.4 is 5.73 Å². The van der Waals surface area contributed by atoms with Gasteiger partial charge in [-0.15, -0.1) is 0 Å². The molecule has 2 fully saturated rings. The average molecular weight is 403 g/mol. The SMILES string of the molecule is Cn1c(CCC(N)=O)nn(CN2CCN(C3CCS(=O)(=O)C3)CC2)c1=S. The summed E-state index contributed by atoms with van der Waals surface area (Å²) in [5.41, 5.74) is 5.21. The zero-order valence-corrected chi connectivity index (χ0v) is 16.6. The normalized spacial score (nSPS) is 24.1. The van der Waals surface area contributed by atoms with Crippen molar-refractivity contribution in [1.82, 2.24) is 24.1 Å². The highest BCUT2D eigenvalue weighted by atomic mass is 32.2. The second-order valence-electron chi connectivity index (χ2n) is 7.08. The molecule has 0 aromatic carbocycles. The molecule has 26 heavy (non-hydrogen) atoms. The molecule has 0 bridgehead atoms. The summed E-state index contributed by atoms with van der Waals surface area (Å²) in [5.74, 6) is 1.01. The largest absolute Gasteiger partial charge is 0.370 e. The predicted octanol–water partition coefficient (Wildman–Crippen LogP) is -0.869. The number of piperazine rings is 1. The van der Waals surface area contributed by atoms with Gasteiger partial charge in [0.05, 0.1) is 18.2 Å². The van der Waals surface area contributed by atoms with Crippen molar-refractivity contribution in [3.8, 4) is 0 Å². The zero-order valence-electron chi connectivity index (χ0n) is 15.0. The monoisotopic (exact) mass is 402 g/mol. The fourth-order valence-electron chi connectivity index (χ4n) is 3.60. The van der Waals surface area contributed by atoms with Gasteiger partial charge in [-0.2, -0.15) is 5.10 Å². The Morgan fingerprint density at radius 1 is 1.31 bits per heavy atom. The van der Waals surface area contributed by atoms with E-state index in [-0.39, 0.29) is 18.4 Å².